The number of carbonyl (C=O) groups is 1. The first-order valence-electron chi connectivity index (χ1n) is 7.67. The van der Waals surface area contributed by atoms with E-state index in [0.29, 0.717) is 12.1 Å². The molecule has 0 atom stereocenters. The fraction of sp³-hybridized carbons (Fsp3) is 0.412. The highest BCUT2D eigenvalue weighted by atomic mass is 35.5. The van der Waals surface area contributed by atoms with Gasteiger partial charge in [0, 0.05) is 17.5 Å². The van der Waals surface area contributed by atoms with Crippen LogP contribution in [0.4, 0.5) is 0 Å². The van der Waals surface area contributed by atoms with Gasteiger partial charge >= 0.3 is 5.63 Å². The summed E-state index contributed by atoms with van der Waals surface area (Å²) in [4.78, 5) is 24.2. The number of carbonyl (C=O) groups excluding carboxylic acids is 1. The molecule has 1 aliphatic carbocycles. The Bertz CT molecular complexity index is 751. The molecular weight excluding hydrogens is 316 g/mol. The highest BCUT2D eigenvalue weighted by Gasteiger charge is 2.28. The predicted molar refractivity (Wildman–Crippen MR) is 92.1 cm³/mol. The summed E-state index contributed by atoms with van der Waals surface area (Å²) in [5, 5.41) is 3.52. The summed E-state index contributed by atoms with van der Waals surface area (Å²) in [5.74, 6) is -0.421. The molecule has 23 heavy (non-hydrogen) atoms. The van der Waals surface area contributed by atoms with Crippen molar-refractivity contribution in [3.05, 3.63) is 46.3 Å². The molecule has 2 aromatic rings. The molecule has 0 bridgehead atoms. The molecule has 1 heterocycles. The first-order chi connectivity index (χ1) is 10.6. The van der Waals surface area contributed by atoms with E-state index in [2.05, 4.69) is 5.32 Å². The fourth-order valence-electron chi connectivity index (χ4n) is 3.00. The molecule has 0 radical (unpaired) electrons. The highest BCUT2D eigenvalue weighted by Crippen LogP contribution is 2.25. The van der Waals surface area contributed by atoms with Crippen molar-refractivity contribution >= 4 is 29.3 Å². The van der Waals surface area contributed by atoms with Gasteiger partial charge in [-0.15, -0.1) is 12.4 Å². The van der Waals surface area contributed by atoms with Crippen LogP contribution in [-0.4, -0.2) is 18.0 Å². The number of benzene rings is 1. The zero-order chi connectivity index (χ0) is 15.6. The maximum Gasteiger partial charge on any atom is 0.349 e. The molecule has 0 aliphatic heterocycles. The average Bonchev–Trinajstić information content (AvgIpc) is 2.53. The Labute approximate surface area is 140 Å². The molecule has 1 aromatic heterocycles. The topological polar surface area (TPSA) is 85.3 Å². The van der Waals surface area contributed by atoms with Crippen LogP contribution >= 0.6 is 12.4 Å². The van der Waals surface area contributed by atoms with Crippen molar-refractivity contribution in [3.63, 3.8) is 0 Å². The summed E-state index contributed by atoms with van der Waals surface area (Å²) in [6, 6.07) is 8.70. The Kier molecular flexibility index (Phi) is 5.44. The molecule has 1 aliphatic rings. The molecule has 1 aromatic carbocycles. The Balaban J connectivity index is 0.00000192. The third-order valence-electron chi connectivity index (χ3n) is 4.34. The maximum atomic E-state index is 12.3. The second kappa shape index (κ2) is 7.15. The van der Waals surface area contributed by atoms with Crippen molar-refractivity contribution in [1.29, 1.82) is 0 Å². The molecule has 1 saturated carbocycles. The van der Waals surface area contributed by atoms with Gasteiger partial charge in [-0.1, -0.05) is 37.5 Å². The van der Waals surface area contributed by atoms with Crippen LogP contribution in [0.25, 0.3) is 11.0 Å². The van der Waals surface area contributed by atoms with Gasteiger partial charge in [-0.3, -0.25) is 4.79 Å². The number of hydrogen-bond acceptors (Lipinski definition) is 4. The SMILES string of the molecule is Cl.NC1(CNC(=O)c2cc3ccccc3oc2=O)CCCCC1. The Hall–Kier alpha value is -1.85. The number of amides is 1. The van der Waals surface area contributed by atoms with E-state index in [1.165, 1.54) is 6.42 Å². The second-order valence-electron chi connectivity index (χ2n) is 6.09. The quantitative estimate of drug-likeness (QED) is 0.844. The molecule has 0 unspecified atom stereocenters. The molecule has 0 saturated heterocycles. The van der Waals surface area contributed by atoms with Crippen LogP contribution in [0.5, 0.6) is 0 Å². The van der Waals surface area contributed by atoms with Crippen molar-refractivity contribution < 1.29 is 9.21 Å². The lowest BCUT2D eigenvalue weighted by Crippen LogP contribution is -2.51. The minimum Gasteiger partial charge on any atom is -0.422 e. The fourth-order valence-corrected chi connectivity index (χ4v) is 3.00. The first-order valence-corrected chi connectivity index (χ1v) is 7.67. The Morgan fingerprint density at radius 2 is 1.91 bits per heavy atom. The van der Waals surface area contributed by atoms with Gasteiger partial charge in [0.05, 0.1) is 0 Å². The summed E-state index contributed by atoms with van der Waals surface area (Å²) in [7, 11) is 0. The van der Waals surface area contributed by atoms with E-state index in [1.54, 1.807) is 24.3 Å². The van der Waals surface area contributed by atoms with Crippen LogP contribution in [0, 0.1) is 0 Å². The lowest BCUT2D eigenvalue weighted by atomic mass is 9.82. The van der Waals surface area contributed by atoms with Crippen LogP contribution in [-0.2, 0) is 0 Å². The van der Waals surface area contributed by atoms with Gasteiger partial charge in [-0.25, -0.2) is 4.79 Å². The van der Waals surface area contributed by atoms with Crippen LogP contribution in [0.2, 0.25) is 0 Å². The average molecular weight is 337 g/mol. The van der Waals surface area contributed by atoms with E-state index in [1.807, 2.05) is 6.07 Å². The standard InChI is InChI=1S/C17H20N2O3.ClH/c18-17(8-4-1-5-9-17)11-19-15(20)13-10-12-6-2-3-7-14(12)22-16(13)21;/h2-3,6-7,10H,1,4-5,8-9,11,18H2,(H,19,20);1H. The second-order valence-corrected chi connectivity index (χ2v) is 6.09. The number of rotatable bonds is 3. The minimum atomic E-state index is -0.620. The number of hydrogen-bond donors (Lipinski definition) is 2. The molecule has 1 amide bonds. The van der Waals surface area contributed by atoms with E-state index in [4.69, 9.17) is 10.2 Å². The van der Waals surface area contributed by atoms with E-state index < -0.39 is 11.5 Å². The lowest BCUT2D eigenvalue weighted by molar-refractivity contribution is 0.0934. The van der Waals surface area contributed by atoms with E-state index in [0.717, 1.165) is 31.1 Å². The van der Waals surface area contributed by atoms with E-state index >= 15 is 0 Å². The van der Waals surface area contributed by atoms with Gasteiger partial charge in [-0.05, 0) is 25.0 Å². The summed E-state index contributed by atoms with van der Waals surface area (Å²) in [6.45, 7) is 0.387. The van der Waals surface area contributed by atoms with Crippen LogP contribution in [0.3, 0.4) is 0 Å². The molecule has 3 N–H and O–H groups in total. The number of fused-ring (bicyclic) bond motifs is 1. The zero-order valence-corrected chi connectivity index (χ0v) is 13.7. The maximum absolute atomic E-state index is 12.3. The monoisotopic (exact) mass is 336 g/mol. The Morgan fingerprint density at radius 1 is 1.22 bits per heavy atom. The Morgan fingerprint density at radius 3 is 2.65 bits per heavy atom. The van der Waals surface area contributed by atoms with Crippen molar-refractivity contribution in [1.82, 2.24) is 5.32 Å². The van der Waals surface area contributed by atoms with Gasteiger partial charge in [0.25, 0.3) is 5.91 Å². The third-order valence-corrected chi connectivity index (χ3v) is 4.34. The van der Waals surface area contributed by atoms with Crippen LogP contribution in [0.1, 0.15) is 42.5 Å². The predicted octanol–water partition coefficient (Wildman–Crippen LogP) is 2.61. The van der Waals surface area contributed by atoms with Gasteiger partial charge < -0.3 is 15.5 Å². The van der Waals surface area contributed by atoms with Gasteiger partial charge in [-0.2, -0.15) is 0 Å². The first kappa shape index (κ1) is 17.5. The molecule has 6 heteroatoms. The van der Waals surface area contributed by atoms with Gasteiger partial charge in [0.15, 0.2) is 0 Å². The molecule has 0 spiro atoms. The van der Waals surface area contributed by atoms with E-state index in [-0.39, 0.29) is 23.5 Å². The van der Waals surface area contributed by atoms with Crippen molar-refractivity contribution in [2.75, 3.05) is 6.54 Å². The highest BCUT2D eigenvalue weighted by molar-refractivity contribution is 5.96. The number of para-hydroxylation sites is 1. The molecule has 124 valence electrons. The molecule has 1 fully saturated rings. The molecular formula is C17H21ClN2O3. The smallest absolute Gasteiger partial charge is 0.349 e. The van der Waals surface area contributed by atoms with Crippen molar-refractivity contribution in [2.24, 2.45) is 5.73 Å². The van der Waals surface area contributed by atoms with Crippen LogP contribution in [0.15, 0.2) is 39.5 Å². The number of nitrogens with two attached hydrogens (primary N) is 1. The zero-order valence-electron chi connectivity index (χ0n) is 12.8. The summed E-state index contributed by atoms with van der Waals surface area (Å²) >= 11 is 0. The molecule has 3 rings (SSSR count). The number of nitrogens with one attached hydrogen (secondary N) is 1. The summed E-state index contributed by atoms with van der Waals surface area (Å²) in [6.07, 6.45) is 5.18. The summed E-state index contributed by atoms with van der Waals surface area (Å²) in [5.41, 5.74) is 5.83. The van der Waals surface area contributed by atoms with Crippen molar-refractivity contribution in [2.45, 2.75) is 37.6 Å². The van der Waals surface area contributed by atoms with Gasteiger partial charge in [0.1, 0.15) is 11.1 Å². The third kappa shape index (κ3) is 3.92. The lowest BCUT2D eigenvalue weighted by Gasteiger charge is -2.33. The normalized spacial score (nSPS) is 16.6. The van der Waals surface area contributed by atoms with E-state index in [9.17, 15) is 9.59 Å². The minimum absolute atomic E-state index is 0. The number of halogens is 1. The van der Waals surface area contributed by atoms with Crippen molar-refractivity contribution in [3.8, 4) is 0 Å². The van der Waals surface area contributed by atoms with Crippen LogP contribution < -0.4 is 16.7 Å². The largest absolute Gasteiger partial charge is 0.422 e. The summed E-state index contributed by atoms with van der Waals surface area (Å²) < 4.78 is 5.18. The van der Waals surface area contributed by atoms with Gasteiger partial charge in [0.2, 0.25) is 0 Å². The molecule has 5 nitrogen and oxygen atoms in total.